The first kappa shape index (κ1) is 27.1. The monoisotopic (exact) mass is 511 g/mol. The van der Waals surface area contributed by atoms with E-state index in [9.17, 15) is 10.0 Å². The second-order valence-corrected chi connectivity index (χ2v) is 10.9. The molecule has 1 aliphatic rings. The van der Waals surface area contributed by atoms with Crippen LogP contribution in [0.25, 0.3) is 5.57 Å². The van der Waals surface area contributed by atoms with Crippen molar-refractivity contribution in [2.45, 2.75) is 59.0 Å². The van der Waals surface area contributed by atoms with Crippen molar-refractivity contribution in [1.29, 1.82) is 0 Å². The second-order valence-electron chi connectivity index (χ2n) is 10.9. The molecule has 2 heterocycles. The average Bonchev–Trinajstić information content (AvgIpc) is 2.89. The Hall–Kier alpha value is -3.93. The predicted molar refractivity (Wildman–Crippen MR) is 152 cm³/mol. The fourth-order valence-corrected chi connectivity index (χ4v) is 4.87. The van der Waals surface area contributed by atoms with Gasteiger partial charge in [0.1, 0.15) is 5.60 Å². The van der Waals surface area contributed by atoms with Crippen LogP contribution in [0.4, 0.5) is 4.79 Å². The van der Waals surface area contributed by atoms with Gasteiger partial charge in [-0.2, -0.15) is 0 Å². The minimum Gasteiger partial charge on any atom is -0.444 e. The molecule has 3 aromatic rings. The highest BCUT2D eigenvalue weighted by molar-refractivity contribution is 6.01. The maximum atomic E-state index is 12.4. The van der Waals surface area contributed by atoms with Crippen LogP contribution in [-0.2, 0) is 4.74 Å². The number of carbonyl (C=O) groups excluding carboxylic acids is 1. The van der Waals surface area contributed by atoms with Crippen molar-refractivity contribution in [2.24, 2.45) is 5.16 Å². The third-order valence-corrected chi connectivity index (χ3v) is 6.86. The molecule has 1 aliphatic heterocycles. The fraction of sp³-hybridized carbons (Fsp3) is 0.344. The number of carbonyl (C=O) groups is 1. The van der Waals surface area contributed by atoms with E-state index < -0.39 is 5.60 Å². The van der Waals surface area contributed by atoms with Crippen molar-refractivity contribution in [1.82, 2.24) is 9.88 Å². The number of hydrogen-bond donors (Lipinski definition) is 1. The van der Waals surface area contributed by atoms with Gasteiger partial charge in [0.25, 0.3) is 0 Å². The number of benzene rings is 2. The Balaban J connectivity index is 1.57. The maximum Gasteiger partial charge on any atom is 0.410 e. The summed E-state index contributed by atoms with van der Waals surface area (Å²) in [7, 11) is 0. The van der Waals surface area contributed by atoms with Gasteiger partial charge in [-0.25, -0.2) is 4.79 Å². The van der Waals surface area contributed by atoms with Crippen LogP contribution in [0.15, 0.2) is 78.1 Å². The van der Waals surface area contributed by atoms with E-state index in [0.29, 0.717) is 25.2 Å². The van der Waals surface area contributed by atoms with Gasteiger partial charge in [0.15, 0.2) is 0 Å². The van der Waals surface area contributed by atoms with Crippen LogP contribution in [0.2, 0.25) is 0 Å². The van der Waals surface area contributed by atoms with Crippen molar-refractivity contribution >= 4 is 17.4 Å². The first-order chi connectivity index (χ1) is 18.1. The molecule has 4 rings (SSSR count). The summed E-state index contributed by atoms with van der Waals surface area (Å²) in [5.41, 5.74) is 7.83. The summed E-state index contributed by atoms with van der Waals surface area (Å²) < 4.78 is 5.52. The highest BCUT2D eigenvalue weighted by Crippen LogP contribution is 2.33. The van der Waals surface area contributed by atoms with E-state index in [-0.39, 0.29) is 12.0 Å². The molecule has 0 radical (unpaired) electrons. The maximum absolute atomic E-state index is 12.4. The molecule has 1 N–H and O–H groups in total. The van der Waals surface area contributed by atoms with Crippen LogP contribution in [0, 0.1) is 13.8 Å². The lowest BCUT2D eigenvalue weighted by molar-refractivity contribution is 0.0270. The van der Waals surface area contributed by atoms with E-state index in [1.54, 1.807) is 11.1 Å². The first-order valence-electron chi connectivity index (χ1n) is 13.1. The minimum absolute atomic E-state index is 0.0209. The zero-order valence-electron chi connectivity index (χ0n) is 22.9. The van der Waals surface area contributed by atoms with E-state index >= 15 is 0 Å². The molecule has 1 aromatic heterocycles. The summed E-state index contributed by atoms with van der Waals surface area (Å²) in [4.78, 5) is 18.4. The third kappa shape index (κ3) is 6.68. The van der Waals surface area contributed by atoms with Crippen molar-refractivity contribution < 1.29 is 14.7 Å². The van der Waals surface area contributed by atoms with Crippen LogP contribution in [0.5, 0.6) is 0 Å². The molecule has 0 spiro atoms. The summed E-state index contributed by atoms with van der Waals surface area (Å²) in [5, 5.41) is 13.6. The molecule has 2 aromatic carbocycles. The Labute approximate surface area is 225 Å². The number of amides is 1. The zero-order chi connectivity index (χ0) is 27.3. The number of ether oxygens (including phenoxy) is 1. The SMILES string of the molecule is Cc1cc(C(C[C@H](c2ccc(C3=CCN(C(=O)OC(C)(C)C)CC3)cc2)c2ccccc2C)=NO)ccn1. The smallest absolute Gasteiger partial charge is 0.410 e. The number of oxime groups is 1. The van der Waals surface area contributed by atoms with Gasteiger partial charge in [-0.1, -0.05) is 59.8 Å². The molecule has 0 aliphatic carbocycles. The number of aryl methyl sites for hydroxylation is 2. The predicted octanol–water partition coefficient (Wildman–Crippen LogP) is 7.12. The van der Waals surface area contributed by atoms with Gasteiger partial charge in [-0.15, -0.1) is 0 Å². The lowest BCUT2D eigenvalue weighted by Gasteiger charge is -2.29. The quantitative estimate of drug-likeness (QED) is 0.217. The molecular weight excluding hydrogens is 474 g/mol. The summed E-state index contributed by atoms with van der Waals surface area (Å²) in [5.74, 6) is 0.0209. The average molecular weight is 512 g/mol. The number of hydrogen-bond acceptors (Lipinski definition) is 5. The zero-order valence-corrected chi connectivity index (χ0v) is 22.9. The second kappa shape index (κ2) is 11.6. The topological polar surface area (TPSA) is 75.0 Å². The van der Waals surface area contributed by atoms with E-state index in [4.69, 9.17) is 4.74 Å². The Morgan fingerprint density at radius 3 is 2.45 bits per heavy atom. The summed E-state index contributed by atoms with van der Waals surface area (Å²) in [6.45, 7) is 10.9. The van der Waals surface area contributed by atoms with Crippen LogP contribution in [0.1, 0.15) is 73.0 Å². The van der Waals surface area contributed by atoms with E-state index in [0.717, 1.165) is 28.8 Å². The number of rotatable bonds is 6. The van der Waals surface area contributed by atoms with Crippen LogP contribution >= 0.6 is 0 Å². The molecule has 6 heteroatoms. The van der Waals surface area contributed by atoms with E-state index in [1.165, 1.54) is 16.7 Å². The molecule has 6 nitrogen and oxygen atoms in total. The number of pyridine rings is 1. The van der Waals surface area contributed by atoms with Crippen molar-refractivity contribution in [2.75, 3.05) is 13.1 Å². The Bertz CT molecular complexity index is 1340. The normalized spacial score (nSPS) is 15.1. The van der Waals surface area contributed by atoms with Crippen molar-refractivity contribution in [3.63, 3.8) is 0 Å². The number of nitrogens with zero attached hydrogens (tertiary/aromatic N) is 3. The van der Waals surface area contributed by atoms with Crippen LogP contribution < -0.4 is 0 Å². The van der Waals surface area contributed by atoms with Crippen LogP contribution in [0.3, 0.4) is 0 Å². The lowest BCUT2D eigenvalue weighted by atomic mass is 9.83. The van der Waals surface area contributed by atoms with E-state index in [1.807, 2.05) is 45.9 Å². The van der Waals surface area contributed by atoms with Gasteiger partial charge >= 0.3 is 6.09 Å². The minimum atomic E-state index is -0.499. The Morgan fingerprint density at radius 2 is 1.84 bits per heavy atom. The van der Waals surface area contributed by atoms with Crippen molar-refractivity contribution in [3.8, 4) is 0 Å². The van der Waals surface area contributed by atoms with Gasteiger partial charge < -0.3 is 14.8 Å². The summed E-state index contributed by atoms with van der Waals surface area (Å²) in [6.07, 6.45) is 4.92. The number of aromatic nitrogens is 1. The summed E-state index contributed by atoms with van der Waals surface area (Å²) in [6, 6.07) is 20.8. The summed E-state index contributed by atoms with van der Waals surface area (Å²) >= 11 is 0. The van der Waals surface area contributed by atoms with Gasteiger partial charge in [-0.3, -0.25) is 4.98 Å². The molecule has 0 fully saturated rings. The molecular formula is C32H37N3O3. The Morgan fingerprint density at radius 1 is 1.11 bits per heavy atom. The largest absolute Gasteiger partial charge is 0.444 e. The molecule has 38 heavy (non-hydrogen) atoms. The molecule has 198 valence electrons. The Kier molecular flexibility index (Phi) is 8.30. The van der Waals surface area contributed by atoms with Crippen molar-refractivity contribution in [3.05, 3.63) is 106 Å². The highest BCUT2D eigenvalue weighted by atomic mass is 16.6. The molecule has 0 bridgehead atoms. The molecule has 1 atom stereocenters. The first-order valence-corrected chi connectivity index (χ1v) is 13.1. The fourth-order valence-electron chi connectivity index (χ4n) is 4.87. The molecule has 0 saturated carbocycles. The van der Waals surface area contributed by atoms with Gasteiger partial charge in [0, 0.05) is 42.9 Å². The highest BCUT2D eigenvalue weighted by Gasteiger charge is 2.24. The van der Waals surface area contributed by atoms with Gasteiger partial charge in [0.05, 0.1) is 5.71 Å². The lowest BCUT2D eigenvalue weighted by Crippen LogP contribution is -2.39. The molecule has 0 saturated heterocycles. The van der Waals surface area contributed by atoms with Gasteiger partial charge in [-0.05, 0) is 81.0 Å². The van der Waals surface area contributed by atoms with E-state index in [2.05, 4.69) is 65.6 Å². The molecule has 0 unspecified atom stereocenters. The standard InChI is InChI=1S/C32H37N3O3/c1-22-8-6-7-9-28(22)29(21-30(34-37)27-14-17-33-23(2)20-27)26-12-10-24(11-13-26)25-15-18-35(19-16-25)31(36)38-32(3,4)5/h6-15,17,20,29,37H,16,18-19,21H2,1-5H3/t29-/m1/s1. The van der Waals surface area contributed by atoms with Crippen LogP contribution in [-0.4, -0.2) is 45.6 Å². The van der Waals surface area contributed by atoms with Gasteiger partial charge in [0.2, 0.25) is 0 Å². The molecule has 1 amide bonds. The third-order valence-electron chi connectivity index (χ3n) is 6.86.